The Morgan fingerprint density at radius 2 is 1.29 bits per heavy atom. The Kier molecular flexibility index (Phi) is 6.05. The summed E-state index contributed by atoms with van der Waals surface area (Å²) in [5.74, 6) is 0. The van der Waals surface area contributed by atoms with Gasteiger partial charge in [-0.2, -0.15) is 10.5 Å². The number of nitrogens with zero attached hydrogens (tertiary/aromatic N) is 3. The number of nitriles is 2. The fraction of sp³-hybridized carbons (Fsp3) is 0.0270. The minimum Gasteiger partial charge on any atom is -0.308 e. The van der Waals surface area contributed by atoms with Crippen LogP contribution in [0.15, 0.2) is 131 Å². The summed E-state index contributed by atoms with van der Waals surface area (Å²) in [7, 11) is 0. The van der Waals surface area contributed by atoms with Crippen molar-refractivity contribution in [3.05, 3.63) is 138 Å². The second kappa shape index (κ2) is 10.0. The van der Waals surface area contributed by atoms with E-state index in [0.717, 1.165) is 44.5 Å². The molecule has 0 saturated heterocycles. The molecule has 0 N–H and O–H groups in total. The number of anilines is 3. The Balaban J connectivity index is 1.50. The normalized spacial score (nSPS) is 11.8. The molecule has 4 heteroatoms. The van der Waals surface area contributed by atoms with Gasteiger partial charge in [0.1, 0.15) is 0 Å². The average molecular weight is 542 g/mol. The lowest BCUT2D eigenvalue weighted by atomic mass is 9.90. The highest BCUT2D eigenvalue weighted by atomic mass is 32.2. The summed E-state index contributed by atoms with van der Waals surface area (Å²) < 4.78 is 0. The quantitative estimate of drug-likeness (QED) is 0.223. The maximum Gasteiger partial charge on any atom is 0.0998 e. The van der Waals surface area contributed by atoms with Gasteiger partial charge in [0.15, 0.2) is 0 Å². The van der Waals surface area contributed by atoms with E-state index in [9.17, 15) is 10.5 Å². The average Bonchev–Trinajstić information content (AvgIpc) is 3.03. The van der Waals surface area contributed by atoms with Crippen molar-refractivity contribution in [2.24, 2.45) is 0 Å². The molecule has 0 bridgehead atoms. The van der Waals surface area contributed by atoms with Crippen LogP contribution in [-0.2, 0) is 0 Å². The maximum absolute atomic E-state index is 10.0. The maximum atomic E-state index is 10.0. The highest BCUT2D eigenvalue weighted by Crippen LogP contribution is 2.55. The lowest BCUT2D eigenvalue weighted by molar-refractivity contribution is 1.17. The first-order valence-electron chi connectivity index (χ1n) is 13.4. The third-order valence-electron chi connectivity index (χ3n) is 7.63. The van der Waals surface area contributed by atoms with E-state index in [0.29, 0.717) is 11.1 Å². The van der Waals surface area contributed by atoms with Gasteiger partial charge in [-0.1, -0.05) is 96.7 Å². The zero-order valence-electron chi connectivity index (χ0n) is 22.3. The van der Waals surface area contributed by atoms with Gasteiger partial charge < -0.3 is 4.90 Å². The van der Waals surface area contributed by atoms with Crippen LogP contribution in [0.4, 0.5) is 17.1 Å². The Labute approximate surface area is 243 Å². The number of fused-ring (bicyclic) bond motifs is 3. The van der Waals surface area contributed by atoms with E-state index in [2.05, 4.69) is 126 Å². The number of benzene rings is 6. The Morgan fingerprint density at radius 3 is 2.12 bits per heavy atom. The van der Waals surface area contributed by atoms with E-state index >= 15 is 0 Å². The minimum absolute atomic E-state index is 0.497. The summed E-state index contributed by atoms with van der Waals surface area (Å²) in [5, 5.41) is 21.7. The van der Waals surface area contributed by atoms with Crippen LogP contribution in [0, 0.1) is 29.6 Å². The van der Waals surface area contributed by atoms with Crippen LogP contribution in [0.5, 0.6) is 0 Å². The number of para-hydroxylation sites is 1. The fourth-order valence-corrected chi connectivity index (χ4v) is 7.07. The van der Waals surface area contributed by atoms with Gasteiger partial charge in [0.05, 0.1) is 40.3 Å². The minimum atomic E-state index is 0.497. The van der Waals surface area contributed by atoms with Crippen molar-refractivity contribution in [1.82, 2.24) is 0 Å². The van der Waals surface area contributed by atoms with Crippen LogP contribution in [-0.4, -0.2) is 0 Å². The summed E-state index contributed by atoms with van der Waals surface area (Å²) in [6.45, 7) is 1.97. The fourth-order valence-electron chi connectivity index (χ4n) is 5.88. The summed E-state index contributed by atoms with van der Waals surface area (Å²) in [4.78, 5) is 4.79. The van der Waals surface area contributed by atoms with Crippen LogP contribution in [0.25, 0.3) is 33.0 Å². The second-order valence-electron chi connectivity index (χ2n) is 10.0. The lowest BCUT2D eigenvalue weighted by Gasteiger charge is -2.34. The summed E-state index contributed by atoms with van der Waals surface area (Å²) in [5.41, 5.74) is 9.53. The standard InChI is InChI=1S/C37H23N3S/c1-24-20-25(22-38)21-27(23-39)36(24)31-15-7-14-30-29(31)13-9-17-32(30)40-33-16-5-6-19-35(33)41-37-28(12-8-18-34(37)40)26-10-3-2-4-11-26/h2-21H,1H3. The van der Waals surface area contributed by atoms with Crippen LogP contribution in [0.2, 0.25) is 0 Å². The zero-order valence-corrected chi connectivity index (χ0v) is 23.1. The molecule has 6 aromatic carbocycles. The second-order valence-corrected chi connectivity index (χ2v) is 11.1. The molecule has 0 aromatic heterocycles. The molecule has 1 aliphatic heterocycles. The monoisotopic (exact) mass is 541 g/mol. The zero-order chi connectivity index (χ0) is 27.9. The van der Waals surface area contributed by atoms with Gasteiger partial charge in [-0.3, -0.25) is 0 Å². The Morgan fingerprint density at radius 1 is 0.610 bits per heavy atom. The number of hydrogen-bond acceptors (Lipinski definition) is 4. The molecule has 0 unspecified atom stereocenters. The van der Waals surface area contributed by atoms with Gasteiger partial charge >= 0.3 is 0 Å². The van der Waals surface area contributed by atoms with Gasteiger partial charge in [-0.05, 0) is 71.0 Å². The molecule has 6 aromatic rings. The van der Waals surface area contributed by atoms with Crippen molar-refractivity contribution >= 4 is 39.6 Å². The summed E-state index contributed by atoms with van der Waals surface area (Å²) in [6.07, 6.45) is 0. The Bertz CT molecular complexity index is 2070. The highest BCUT2D eigenvalue weighted by molar-refractivity contribution is 8.00. The topological polar surface area (TPSA) is 50.8 Å². The van der Waals surface area contributed by atoms with Gasteiger partial charge in [0.25, 0.3) is 0 Å². The van der Waals surface area contributed by atoms with Crippen LogP contribution < -0.4 is 4.90 Å². The molecule has 1 heterocycles. The molecule has 0 saturated carbocycles. The van der Waals surface area contributed by atoms with Crippen molar-refractivity contribution in [1.29, 1.82) is 10.5 Å². The first-order chi connectivity index (χ1) is 20.2. The van der Waals surface area contributed by atoms with E-state index in [4.69, 9.17) is 0 Å². The molecule has 0 atom stereocenters. The Hall–Kier alpha value is -5.29. The van der Waals surface area contributed by atoms with Crippen molar-refractivity contribution in [3.63, 3.8) is 0 Å². The highest BCUT2D eigenvalue weighted by Gasteiger charge is 2.28. The third kappa shape index (κ3) is 4.05. The molecule has 0 amide bonds. The molecule has 0 aliphatic carbocycles. The van der Waals surface area contributed by atoms with E-state index in [1.807, 2.05) is 24.8 Å². The van der Waals surface area contributed by atoms with Crippen LogP contribution in [0.1, 0.15) is 16.7 Å². The first-order valence-corrected chi connectivity index (χ1v) is 14.2. The predicted octanol–water partition coefficient (Wildman–Crippen LogP) is 10.2. The molecular formula is C37H23N3S. The van der Waals surface area contributed by atoms with Crippen molar-refractivity contribution < 1.29 is 0 Å². The summed E-state index contributed by atoms with van der Waals surface area (Å²) in [6, 6.07) is 46.4. The molecule has 0 spiro atoms. The molecule has 1 aliphatic rings. The molecule has 3 nitrogen and oxygen atoms in total. The van der Waals surface area contributed by atoms with Gasteiger partial charge in [-0.25, -0.2) is 0 Å². The SMILES string of the molecule is Cc1cc(C#N)cc(C#N)c1-c1cccc2c(N3c4ccccc4Sc4c(-c5ccccc5)cccc43)cccc12. The number of rotatable bonds is 3. The van der Waals surface area contributed by atoms with E-state index in [-0.39, 0.29) is 0 Å². The van der Waals surface area contributed by atoms with Crippen molar-refractivity contribution in [2.45, 2.75) is 16.7 Å². The predicted molar refractivity (Wildman–Crippen MR) is 168 cm³/mol. The third-order valence-corrected chi connectivity index (χ3v) is 8.83. The van der Waals surface area contributed by atoms with Gasteiger partial charge in [0, 0.05) is 20.7 Å². The molecule has 41 heavy (non-hydrogen) atoms. The molecular weight excluding hydrogens is 518 g/mol. The van der Waals surface area contributed by atoms with Crippen molar-refractivity contribution in [3.8, 4) is 34.4 Å². The van der Waals surface area contributed by atoms with Gasteiger partial charge in [-0.15, -0.1) is 0 Å². The molecule has 7 rings (SSSR count). The molecule has 0 radical (unpaired) electrons. The first kappa shape index (κ1) is 24.7. The number of hydrogen-bond donors (Lipinski definition) is 0. The summed E-state index contributed by atoms with van der Waals surface area (Å²) >= 11 is 1.81. The largest absolute Gasteiger partial charge is 0.308 e. The van der Waals surface area contributed by atoms with Crippen LogP contribution >= 0.6 is 11.8 Å². The smallest absolute Gasteiger partial charge is 0.0998 e. The van der Waals surface area contributed by atoms with Crippen molar-refractivity contribution in [2.75, 3.05) is 4.90 Å². The van der Waals surface area contributed by atoms with E-state index in [1.165, 1.54) is 20.9 Å². The molecule has 0 fully saturated rings. The molecule has 192 valence electrons. The number of aryl methyl sites for hydroxylation is 1. The lowest BCUT2D eigenvalue weighted by Crippen LogP contribution is -2.15. The van der Waals surface area contributed by atoms with Gasteiger partial charge in [0.2, 0.25) is 0 Å². The van der Waals surface area contributed by atoms with E-state index < -0.39 is 0 Å². The van der Waals surface area contributed by atoms with Crippen LogP contribution in [0.3, 0.4) is 0 Å². The van der Waals surface area contributed by atoms with E-state index in [1.54, 1.807) is 6.07 Å².